The number of thiazole rings is 1. The summed E-state index contributed by atoms with van der Waals surface area (Å²) in [7, 11) is 0. The molecule has 1 fully saturated rings. The molecular weight excluding hydrogens is 376 g/mol. The van der Waals surface area contributed by atoms with Crippen LogP contribution in [0.4, 0.5) is 5.69 Å². The average Bonchev–Trinajstić information content (AvgIpc) is 3.30. The molecule has 1 saturated heterocycles. The van der Waals surface area contributed by atoms with Gasteiger partial charge in [0.2, 0.25) is 0 Å². The summed E-state index contributed by atoms with van der Waals surface area (Å²) in [5, 5.41) is 13.7. The van der Waals surface area contributed by atoms with E-state index in [0.29, 0.717) is 27.9 Å². The monoisotopic (exact) mass is 398 g/mol. The third kappa shape index (κ3) is 3.76. The summed E-state index contributed by atoms with van der Waals surface area (Å²) in [6, 6.07) is 5.54. The number of H-pyrrole nitrogens is 2. The van der Waals surface area contributed by atoms with Crippen LogP contribution in [0.25, 0.3) is 11.4 Å². The Morgan fingerprint density at radius 3 is 2.89 bits per heavy atom. The molecule has 9 heteroatoms. The summed E-state index contributed by atoms with van der Waals surface area (Å²) in [5.41, 5.74) is 2.71. The van der Waals surface area contributed by atoms with Crippen LogP contribution in [-0.4, -0.2) is 39.2 Å². The zero-order valence-electron chi connectivity index (χ0n) is 15.8. The maximum absolute atomic E-state index is 12.9. The van der Waals surface area contributed by atoms with Gasteiger partial charge in [0.25, 0.3) is 5.91 Å². The summed E-state index contributed by atoms with van der Waals surface area (Å²) < 4.78 is 0. The van der Waals surface area contributed by atoms with Gasteiger partial charge < -0.3 is 10.6 Å². The molecule has 8 nitrogen and oxygen atoms in total. The van der Waals surface area contributed by atoms with Crippen LogP contribution in [0.5, 0.6) is 0 Å². The number of nitrogens with zero attached hydrogens (tertiary/aromatic N) is 2. The molecule has 1 aliphatic rings. The largest absolute Gasteiger partial charge is 0.340 e. The average molecular weight is 398 g/mol. The Labute approximate surface area is 165 Å². The number of nitrogens with one attached hydrogen (secondary N) is 4. The van der Waals surface area contributed by atoms with E-state index in [1.54, 1.807) is 0 Å². The standard InChI is InChI=1S/C19H22N6O2S/c1-10-5-6-12(16-23-19(27)25-24-16)8-14(10)22-17(26)15-11(2)21-18(28-15)13-4-3-7-20-9-13/h5-6,8,13,20H,3-4,7,9H2,1-2H3,(H,22,26)(H2,23,24,25,27). The molecule has 146 valence electrons. The van der Waals surface area contributed by atoms with Crippen molar-refractivity contribution in [1.82, 2.24) is 25.5 Å². The molecule has 4 rings (SSSR count). The summed E-state index contributed by atoms with van der Waals surface area (Å²) in [6.45, 7) is 5.76. The van der Waals surface area contributed by atoms with Gasteiger partial charge >= 0.3 is 5.69 Å². The number of piperidine rings is 1. The minimum absolute atomic E-state index is 0.166. The van der Waals surface area contributed by atoms with Crippen LogP contribution < -0.4 is 16.3 Å². The first-order chi connectivity index (χ1) is 13.5. The number of amides is 1. The number of carbonyl (C=O) groups excluding carboxylic acids is 1. The van der Waals surface area contributed by atoms with Gasteiger partial charge in [-0.1, -0.05) is 12.1 Å². The third-order valence-electron chi connectivity index (χ3n) is 4.93. The van der Waals surface area contributed by atoms with E-state index in [1.807, 2.05) is 32.0 Å². The van der Waals surface area contributed by atoms with Gasteiger partial charge in [0, 0.05) is 23.7 Å². The van der Waals surface area contributed by atoms with E-state index in [4.69, 9.17) is 0 Å². The molecule has 0 aliphatic carbocycles. The van der Waals surface area contributed by atoms with Crippen molar-refractivity contribution in [1.29, 1.82) is 0 Å². The Balaban J connectivity index is 1.57. The molecule has 0 bridgehead atoms. The van der Waals surface area contributed by atoms with E-state index in [1.165, 1.54) is 11.3 Å². The van der Waals surface area contributed by atoms with Crippen molar-refractivity contribution in [3.63, 3.8) is 0 Å². The highest BCUT2D eigenvalue weighted by Gasteiger charge is 2.23. The van der Waals surface area contributed by atoms with E-state index in [-0.39, 0.29) is 11.6 Å². The number of aromatic nitrogens is 4. The molecule has 1 atom stereocenters. The maximum atomic E-state index is 12.9. The molecule has 1 unspecified atom stereocenters. The Hall–Kier alpha value is -2.78. The lowest BCUT2D eigenvalue weighted by Crippen LogP contribution is -2.28. The second-order valence-corrected chi connectivity index (χ2v) is 8.05. The quantitative estimate of drug-likeness (QED) is 0.539. The minimum Gasteiger partial charge on any atom is -0.321 e. The molecule has 0 spiro atoms. The first kappa shape index (κ1) is 18.6. The van der Waals surface area contributed by atoms with Crippen molar-refractivity contribution in [2.24, 2.45) is 0 Å². The summed E-state index contributed by atoms with van der Waals surface area (Å²) in [6.07, 6.45) is 2.23. The van der Waals surface area contributed by atoms with Crippen molar-refractivity contribution in [2.75, 3.05) is 18.4 Å². The molecule has 3 aromatic rings. The lowest BCUT2D eigenvalue weighted by molar-refractivity contribution is 0.102. The van der Waals surface area contributed by atoms with Gasteiger partial charge in [-0.2, -0.15) is 5.10 Å². The Morgan fingerprint density at radius 1 is 1.32 bits per heavy atom. The van der Waals surface area contributed by atoms with Crippen LogP contribution in [0.2, 0.25) is 0 Å². The van der Waals surface area contributed by atoms with E-state index in [9.17, 15) is 9.59 Å². The number of benzene rings is 1. The van der Waals surface area contributed by atoms with Crippen molar-refractivity contribution in [3.8, 4) is 11.4 Å². The van der Waals surface area contributed by atoms with E-state index in [0.717, 1.165) is 42.2 Å². The highest BCUT2D eigenvalue weighted by molar-refractivity contribution is 7.14. The molecule has 4 N–H and O–H groups in total. The van der Waals surface area contributed by atoms with Crippen LogP contribution in [-0.2, 0) is 0 Å². The highest BCUT2D eigenvalue weighted by atomic mass is 32.1. The van der Waals surface area contributed by atoms with Crippen molar-refractivity contribution in [2.45, 2.75) is 32.6 Å². The summed E-state index contributed by atoms with van der Waals surface area (Å²) in [5.74, 6) is 0.642. The zero-order chi connectivity index (χ0) is 19.7. The van der Waals surface area contributed by atoms with Crippen LogP contribution >= 0.6 is 11.3 Å². The minimum atomic E-state index is -0.369. The fourth-order valence-corrected chi connectivity index (χ4v) is 4.45. The Morgan fingerprint density at radius 2 is 2.18 bits per heavy atom. The number of aromatic amines is 2. The lowest BCUT2D eigenvalue weighted by Gasteiger charge is -2.20. The molecule has 0 saturated carbocycles. The van der Waals surface area contributed by atoms with E-state index < -0.39 is 0 Å². The van der Waals surface area contributed by atoms with Crippen molar-refractivity contribution < 1.29 is 4.79 Å². The molecule has 2 aromatic heterocycles. The molecule has 1 amide bonds. The van der Waals surface area contributed by atoms with Crippen LogP contribution in [0.15, 0.2) is 23.0 Å². The fraction of sp³-hybridized carbons (Fsp3) is 0.368. The zero-order valence-corrected chi connectivity index (χ0v) is 16.6. The smallest absolute Gasteiger partial charge is 0.321 e. The number of hydrogen-bond acceptors (Lipinski definition) is 6. The predicted octanol–water partition coefficient (Wildman–Crippen LogP) is 2.56. The van der Waals surface area contributed by atoms with Crippen molar-refractivity contribution >= 4 is 22.9 Å². The maximum Gasteiger partial charge on any atom is 0.340 e. The second kappa shape index (κ2) is 7.69. The van der Waals surface area contributed by atoms with Gasteiger partial charge in [-0.3, -0.25) is 9.78 Å². The second-order valence-electron chi connectivity index (χ2n) is 7.02. The van der Waals surface area contributed by atoms with Gasteiger partial charge in [-0.05, 0) is 44.9 Å². The highest BCUT2D eigenvalue weighted by Crippen LogP contribution is 2.30. The third-order valence-corrected chi connectivity index (χ3v) is 6.24. The van der Waals surface area contributed by atoms with Gasteiger partial charge in [0.15, 0.2) is 5.82 Å². The lowest BCUT2D eigenvalue weighted by atomic mass is 10.0. The molecule has 1 aromatic carbocycles. The Kier molecular flexibility index (Phi) is 5.10. The predicted molar refractivity (Wildman–Crippen MR) is 109 cm³/mol. The first-order valence-electron chi connectivity index (χ1n) is 9.26. The Bertz CT molecular complexity index is 1060. The molecule has 1 aliphatic heterocycles. The van der Waals surface area contributed by atoms with Gasteiger partial charge in [0.05, 0.1) is 10.7 Å². The number of hydrogen-bond donors (Lipinski definition) is 4. The molecular formula is C19H22N6O2S. The van der Waals surface area contributed by atoms with E-state index >= 15 is 0 Å². The first-order valence-corrected chi connectivity index (χ1v) is 10.1. The number of carbonyl (C=O) groups is 1. The summed E-state index contributed by atoms with van der Waals surface area (Å²) in [4.78, 5) is 32.1. The van der Waals surface area contributed by atoms with Crippen LogP contribution in [0, 0.1) is 13.8 Å². The van der Waals surface area contributed by atoms with Crippen molar-refractivity contribution in [3.05, 3.63) is 49.8 Å². The molecule has 0 radical (unpaired) electrons. The van der Waals surface area contributed by atoms with Gasteiger partial charge in [-0.25, -0.2) is 14.9 Å². The SMILES string of the molecule is Cc1ccc(-c2n[nH]c(=O)[nH]2)cc1NC(=O)c1sc(C2CCCNC2)nc1C. The fourth-order valence-electron chi connectivity index (χ4n) is 3.36. The van der Waals surface area contributed by atoms with Crippen LogP contribution in [0.1, 0.15) is 44.7 Å². The van der Waals surface area contributed by atoms with Crippen LogP contribution in [0.3, 0.4) is 0 Å². The number of aryl methyl sites for hydroxylation is 2. The van der Waals surface area contributed by atoms with Gasteiger partial charge in [-0.15, -0.1) is 11.3 Å². The topological polar surface area (TPSA) is 116 Å². The molecule has 28 heavy (non-hydrogen) atoms. The summed E-state index contributed by atoms with van der Waals surface area (Å²) >= 11 is 1.48. The van der Waals surface area contributed by atoms with Gasteiger partial charge in [0.1, 0.15) is 4.88 Å². The normalized spacial score (nSPS) is 16.9. The number of rotatable bonds is 4. The molecule has 3 heterocycles. The number of anilines is 1. The van der Waals surface area contributed by atoms with E-state index in [2.05, 4.69) is 30.8 Å².